The zero-order valence-corrected chi connectivity index (χ0v) is 28.5. The summed E-state index contributed by atoms with van der Waals surface area (Å²) in [6.07, 6.45) is 8.62. The van der Waals surface area contributed by atoms with Crippen molar-refractivity contribution in [3.8, 4) is 0 Å². The number of hydrogen-bond acceptors (Lipinski definition) is 9. The molecule has 10 heteroatoms. The monoisotopic (exact) mass is 602 g/mol. The molecule has 0 spiro atoms. The van der Waals surface area contributed by atoms with Gasteiger partial charge in [-0.05, 0) is 71.5 Å². The van der Waals surface area contributed by atoms with Crippen LogP contribution in [0.3, 0.4) is 0 Å². The summed E-state index contributed by atoms with van der Waals surface area (Å²) in [5.74, 6) is -0.320. The summed E-state index contributed by atoms with van der Waals surface area (Å²) in [5.41, 5.74) is 0.926. The third-order valence-electron chi connectivity index (χ3n) is 7.48. The fourth-order valence-electron chi connectivity index (χ4n) is 4.46. The van der Waals surface area contributed by atoms with Gasteiger partial charge in [-0.15, -0.1) is 0 Å². The largest absolute Gasteiger partial charge is 0.463 e. The number of methoxy groups -OCH3 is 2. The second-order valence-electron chi connectivity index (χ2n) is 12.4. The van der Waals surface area contributed by atoms with Gasteiger partial charge in [0.1, 0.15) is 13.6 Å². The van der Waals surface area contributed by atoms with Crippen LogP contribution < -0.4 is 0 Å². The molecule has 0 saturated carbocycles. The quantitative estimate of drug-likeness (QED) is 0.0539. The Morgan fingerprint density at radius 2 is 1.71 bits per heavy atom. The molecule has 0 aromatic heterocycles. The molecule has 0 radical (unpaired) electrons. The van der Waals surface area contributed by atoms with Crippen molar-refractivity contribution < 1.29 is 42.4 Å². The van der Waals surface area contributed by atoms with Crippen molar-refractivity contribution in [1.82, 2.24) is 0 Å². The molecule has 1 saturated heterocycles. The first-order valence-electron chi connectivity index (χ1n) is 14.9. The number of carbonyl (C=O) groups excluding carboxylic acids is 1. The van der Waals surface area contributed by atoms with Gasteiger partial charge in [-0.3, -0.25) is 0 Å². The van der Waals surface area contributed by atoms with Crippen LogP contribution in [0.1, 0.15) is 80.6 Å². The highest BCUT2D eigenvalue weighted by Crippen LogP contribution is 2.38. The van der Waals surface area contributed by atoms with E-state index < -0.39 is 8.32 Å². The van der Waals surface area contributed by atoms with Gasteiger partial charge >= 0.3 is 5.97 Å². The van der Waals surface area contributed by atoms with Crippen molar-refractivity contribution in [1.29, 1.82) is 0 Å². The van der Waals surface area contributed by atoms with Crippen LogP contribution in [0.2, 0.25) is 18.1 Å². The molecule has 0 aromatic carbocycles. The van der Waals surface area contributed by atoms with Crippen molar-refractivity contribution in [2.45, 2.75) is 136 Å². The van der Waals surface area contributed by atoms with Gasteiger partial charge in [0.25, 0.3) is 0 Å². The fraction of sp³-hybridized carbons (Fsp3) is 0.839. The lowest BCUT2D eigenvalue weighted by molar-refractivity contribution is -0.221. The highest BCUT2D eigenvalue weighted by molar-refractivity contribution is 6.74. The maximum atomic E-state index is 11.8. The van der Waals surface area contributed by atoms with Gasteiger partial charge in [0, 0.05) is 32.8 Å². The number of ether oxygens (including phenoxy) is 7. The fourth-order valence-corrected chi connectivity index (χ4v) is 5.84. The minimum Gasteiger partial charge on any atom is -0.463 e. The van der Waals surface area contributed by atoms with Crippen LogP contribution in [0.5, 0.6) is 0 Å². The first kappa shape index (κ1) is 37.9. The average molecular weight is 603 g/mol. The van der Waals surface area contributed by atoms with E-state index in [-0.39, 0.29) is 61.4 Å². The van der Waals surface area contributed by atoms with Crippen molar-refractivity contribution in [3.63, 3.8) is 0 Å². The van der Waals surface area contributed by atoms with Gasteiger partial charge in [0.05, 0.1) is 31.0 Å². The Kier molecular flexibility index (Phi) is 17.8. The first-order valence-corrected chi connectivity index (χ1v) is 17.8. The number of carbonyl (C=O) groups is 1. The highest BCUT2D eigenvalue weighted by Gasteiger charge is 2.40. The molecule has 0 aliphatic carbocycles. The molecule has 1 fully saturated rings. The zero-order chi connectivity index (χ0) is 31.1. The van der Waals surface area contributed by atoms with Crippen LogP contribution >= 0.6 is 0 Å². The highest BCUT2D eigenvalue weighted by atomic mass is 28.4. The van der Waals surface area contributed by atoms with Crippen LogP contribution in [0.4, 0.5) is 0 Å². The van der Waals surface area contributed by atoms with Crippen LogP contribution in [-0.4, -0.2) is 85.5 Å². The Labute approximate surface area is 250 Å². The molecule has 0 unspecified atom stereocenters. The maximum absolute atomic E-state index is 11.8. The smallest absolute Gasteiger partial charge is 0.330 e. The summed E-state index contributed by atoms with van der Waals surface area (Å²) in [7, 11) is 1.24. The van der Waals surface area contributed by atoms with E-state index in [2.05, 4.69) is 52.9 Å². The van der Waals surface area contributed by atoms with E-state index in [0.29, 0.717) is 32.3 Å². The van der Waals surface area contributed by atoms with Gasteiger partial charge in [0.2, 0.25) is 0 Å². The van der Waals surface area contributed by atoms with Gasteiger partial charge < -0.3 is 37.6 Å². The molecule has 1 rings (SSSR count). The third kappa shape index (κ3) is 15.8. The van der Waals surface area contributed by atoms with Crippen molar-refractivity contribution in [2.24, 2.45) is 0 Å². The van der Waals surface area contributed by atoms with Gasteiger partial charge in [-0.2, -0.15) is 0 Å². The first-order chi connectivity index (χ1) is 19.2. The molecule has 1 heterocycles. The van der Waals surface area contributed by atoms with Crippen LogP contribution in [0, 0.1) is 0 Å². The molecule has 1 aliphatic heterocycles. The van der Waals surface area contributed by atoms with Gasteiger partial charge in [0.15, 0.2) is 14.6 Å². The van der Waals surface area contributed by atoms with Crippen LogP contribution in [-0.2, 0) is 42.4 Å². The Morgan fingerprint density at radius 1 is 1.05 bits per heavy atom. The molecule has 41 heavy (non-hydrogen) atoms. The zero-order valence-electron chi connectivity index (χ0n) is 27.5. The van der Waals surface area contributed by atoms with E-state index in [0.717, 1.165) is 12.0 Å². The van der Waals surface area contributed by atoms with E-state index in [1.165, 1.54) is 0 Å². The molecule has 9 nitrogen and oxygen atoms in total. The van der Waals surface area contributed by atoms with E-state index in [4.69, 9.17) is 37.6 Å². The van der Waals surface area contributed by atoms with Crippen molar-refractivity contribution in [2.75, 3.05) is 34.4 Å². The number of esters is 1. The van der Waals surface area contributed by atoms with Gasteiger partial charge in [-0.1, -0.05) is 38.5 Å². The predicted molar refractivity (Wildman–Crippen MR) is 163 cm³/mol. The Morgan fingerprint density at radius 3 is 2.32 bits per heavy atom. The van der Waals surface area contributed by atoms with E-state index in [1.54, 1.807) is 27.2 Å². The maximum Gasteiger partial charge on any atom is 0.330 e. The SMILES string of the molecule is CCOC(=O)/C=C(\C)C[C@H]1C[C@@H](/C=C/C[C@@H](C[C@H](C[C@@H](C)OCOC)O[Si](C)(C)C(C)(C)C)OCOC)O[C@@H](C)O1. The molecular weight excluding hydrogens is 544 g/mol. The Bertz CT molecular complexity index is 793. The summed E-state index contributed by atoms with van der Waals surface area (Å²) >= 11 is 0. The second kappa shape index (κ2) is 19.2. The topological polar surface area (TPSA) is 90.9 Å². The van der Waals surface area contributed by atoms with E-state index in [9.17, 15) is 4.79 Å². The van der Waals surface area contributed by atoms with Crippen LogP contribution in [0.15, 0.2) is 23.8 Å². The predicted octanol–water partition coefficient (Wildman–Crippen LogP) is 6.52. The van der Waals surface area contributed by atoms with Crippen molar-refractivity contribution >= 4 is 14.3 Å². The molecule has 0 amide bonds. The van der Waals surface area contributed by atoms with E-state index >= 15 is 0 Å². The molecular formula is C31H58O9Si. The number of rotatable bonds is 19. The van der Waals surface area contributed by atoms with Crippen LogP contribution in [0.25, 0.3) is 0 Å². The molecule has 6 atom stereocenters. The average Bonchev–Trinajstić information content (AvgIpc) is 2.84. The van der Waals surface area contributed by atoms with E-state index in [1.807, 2.05) is 13.8 Å². The standard InChI is InChI=1S/C31H58O9Si/c1-12-35-30(32)17-23(2)16-28-20-27(38-25(4)39-28)15-13-14-26(37-22-34-9)19-29(18-24(3)36-21-33-8)40-41(10,11)31(5,6)7/h13,15,17,24-29H,12,14,16,18-22H2,1-11H3/b15-13+,23-17+/t24-,25-,26+,27-,28+,29+/m1/s1. The minimum atomic E-state index is -2.03. The normalized spacial score (nSPS) is 23.0. The summed E-state index contributed by atoms with van der Waals surface area (Å²) in [4.78, 5) is 11.8. The lowest BCUT2D eigenvalue weighted by Crippen LogP contribution is -2.45. The second-order valence-corrected chi connectivity index (χ2v) is 17.2. The molecule has 1 aliphatic rings. The molecule has 0 aromatic rings. The Hall–Kier alpha value is -1.11. The number of hydrogen-bond donors (Lipinski definition) is 0. The minimum absolute atomic E-state index is 0.0151. The van der Waals surface area contributed by atoms with Crippen molar-refractivity contribution in [3.05, 3.63) is 23.8 Å². The molecule has 240 valence electrons. The summed E-state index contributed by atoms with van der Waals surface area (Å²) in [6, 6.07) is 0. The summed E-state index contributed by atoms with van der Waals surface area (Å²) < 4.78 is 46.1. The molecule has 0 N–H and O–H groups in total. The lowest BCUT2D eigenvalue weighted by Gasteiger charge is -2.40. The third-order valence-corrected chi connectivity index (χ3v) is 12.0. The summed E-state index contributed by atoms with van der Waals surface area (Å²) in [6.45, 7) is 19.8. The molecule has 0 bridgehead atoms. The van der Waals surface area contributed by atoms with Gasteiger partial charge in [-0.25, -0.2) is 4.79 Å². The Balaban J connectivity index is 2.91. The summed E-state index contributed by atoms with van der Waals surface area (Å²) in [5, 5.41) is 0.0855. The lowest BCUT2D eigenvalue weighted by atomic mass is 10.0.